The second kappa shape index (κ2) is 9.42. The van der Waals surface area contributed by atoms with Crippen LogP contribution >= 0.6 is 11.6 Å². The van der Waals surface area contributed by atoms with Gasteiger partial charge in [0.2, 0.25) is 5.91 Å². The molecule has 1 heterocycles. The third-order valence-electron chi connectivity index (χ3n) is 5.24. The number of nitrogens with one attached hydrogen (secondary N) is 1. The molecule has 3 rings (SSSR count). The molecular formula is C23H28ClN3O2. The Labute approximate surface area is 177 Å². The number of imidazole rings is 1. The first-order valence-electron chi connectivity index (χ1n) is 9.93. The van der Waals surface area contributed by atoms with Crippen LogP contribution in [0.3, 0.4) is 0 Å². The predicted molar refractivity (Wildman–Crippen MR) is 118 cm³/mol. The molecule has 5 nitrogen and oxygen atoms in total. The van der Waals surface area contributed by atoms with Crippen LogP contribution in [0.1, 0.15) is 41.9 Å². The highest BCUT2D eigenvalue weighted by molar-refractivity contribution is 6.30. The molecular weight excluding hydrogens is 386 g/mol. The first-order valence-corrected chi connectivity index (χ1v) is 10.3. The summed E-state index contributed by atoms with van der Waals surface area (Å²) in [5, 5.41) is 3.68. The third-order valence-corrected chi connectivity index (χ3v) is 5.47. The Morgan fingerprint density at radius 1 is 1.24 bits per heavy atom. The summed E-state index contributed by atoms with van der Waals surface area (Å²) in [7, 11) is 1.63. The predicted octanol–water partition coefficient (Wildman–Crippen LogP) is 4.61. The van der Waals surface area contributed by atoms with E-state index in [0.717, 1.165) is 22.4 Å². The number of fused-ring (bicyclic) bond motifs is 1. The van der Waals surface area contributed by atoms with Gasteiger partial charge in [-0.05, 0) is 61.2 Å². The number of hydrogen-bond acceptors (Lipinski definition) is 3. The lowest BCUT2D eigenvalue weighted by Crippen LogP contribution is -2.35. The Bertz CT molecular complexity index is 1010. The summed E-state index contributed by atoms with van der Waals surface area (Å²) in [6, 6.07) is 11.7. The van der Waals surface area contributed by atoms with Gasteiger partial charge in [-0.3, -0.25) is 4.79 Å². The van der Waals surface area contributed by atoms with Crippen molar-refractivity contribution in [1.29, 1.82) is 0 Å². The van der Waals surface area contributed by atoms with Crippen molar-refractivity contribution >= 4 is 28.5 Å². The van der Waals surface area contributed by atoms with E-state index in [2.05, 4.69) is 35.9 Å². The number of methoxy groups -OCH3 is 1. The van der Waals surface area contributed by atoms with Crippen molar-refractivity contribution in [3.8, 4) is 0 Å². The number of carbonyl (C=O) groups excluding carboxylic acids is 1. The largest absolute Gasteiger partial charge is 0.383 e. The Morgan fingerprint density at radius 3 is 2.69 bits per heavy atom. The minimum Gasteiger partial charge on any atom is -0.383 e. The lowest BCUT2D eigenvalue weighted by molar-refractivity contribution is -0.124. The molecule has 6 heteroatoms. The highest BCUT2D eigenvalue weighted by atomic mass is 35.5. The molecule has 0 radical (unpaired) electrons. The zero-order chi connectivity index (χ0) is 21.0. The summed E-state index contributed by atoms with van der Waals surface area (Å²) in [5.74, 6) is 0.843. The Morgan fingerprint density at radius 2 is 2.00 bits per heavy atom. The van der Waals surface area contributed by atoms with Crippen LogP contribution in [0.2, 0.25) is 5.02 Å². The van der Waals surface area contributed by atoms with Gasteiger partial charge in [0, 0.05) is 25.1 Å². The first kappa shape index (κ1) is 21.3. The SMILES string of the molecule is CCC(C(=O)NCCOC)n1c(Cc2cccc(Cl)c2)nc2cc(C)c(C)cc21. The van der Waals surface area contributed by atoms with Gasteiger partial charge < -0.3 is 14.6 Å². The molecule has 0 aliphatic heterocycles. The van der Waals surface area contributed by atoms with Crippen molar-refractivity contribution in [2.24, 2.45) is 0 Å². The summed E-state index contributed by atoms with van der Waals surface area (Å²) in [6.07, 6.45) is 1.27. The van der Waals surface area contributed by atoms with E-state index in [4.69, 9.17) is 21.3 Å². The fraction of sp³-hybridized carbons (Fsp3) is 0.391. The van der Waals surface area contributed by atoms with Gasteiger partial charge in [0.05, 0.1) is 17.6 Å². The van der Waals surface area contributed by atoms with E-state index in [0.29, 0.717) is 31.0 Å². The Kier molecular flexibility index (Phi) is 6.93. The number of benzene rings is 2. The number of amides is 1. The molecule has 1 unspecified atom stereocenters. The van der Waals surface area contributed by atoms with Crippen LogP contribution in [-0.2, 0) is 16.0 Å². The first-order chi connectivity index (χ1) is 13.9. The molecule has 0 aliphatic carbocycles. The number of aromatic nitrogens is 2. The van der Waals surface area contributed by atoms with Crippen LogP contribution < -0.4 is 5.32 Å². The third kappa shape index (κ3) is 4.80. The van der Waals surface area contributed by atoms with Crippen molar-refractivity contribution in [2.45, 2.75) is 39.7 Å². The topological polar surface area (TPSA) is 56.1 Å². The smallest absolute Gasteiger partial charge is 0.243 e. The summed E-state index contributed by atoms with van der Waals surface area (Å²) >= 11 is 6.18. The van der Waals surface area contributed by atoms with Crippen molar-refractivity contribution in [3.05, 3.63) is 63.9 Å². The number of ether oxygens (including phenoxy) is 1. The lowest BCUT2D eigenvalue weighted by Gasteiger charge is -2.20. The van der Waals surface area contributed by atoms with Gasteiger partial charge in [-0.25, -0.2) is 4.98 Å². The molecule has 1 atom stereocenters. The summed E-state index contributed by atoms with van der Waals surface area (Å²) < 4.78 is 7.15. The van der Waals surface area contributed by atoms with Crippen LogP contribution in [0.5, 0.6) is 0 Å². The molecule has 0 spiro atoms. The summed E-state index contributed by atoms with van der Waals surface area (Å²) in [5.41, 5.74) is 5.33. The molecule has 1 N–H and O–H groups in total. The van der Waals surface area contributed by atoms with E-state index in [9.17, 15) is 4.79 Å². The summed E-state index contributed by atoms with van der Waals surface area (Å²) in [6.45, 7) is 7.17. The zero-order valence-electron chi connectivity index (χ0n) is 17.5. The molecule has 154 valence electrons. The molecule has 1 amide bonds. The second-order valence-corrected chi connectivity index (χ2v) is 7.77. The van der Waals surface area contributed by atoms with Gasteiger partial charge in [0.15, 0.2) is 0 Å². The van der Waals surface area contributed by atoms with E-state index < -0.39 is 0 Å². The second-order valence-electron chi connectivity index (χ2n) is 7.34. The van der Waals surface area contributed by atoms with E-state index in [-0.39, 0.29) is 11.9 Å². The van der Waals surface area contributed by atoms with Crippen LogP contribution in [0.4, 0.5) is 0 Å². The average Bonchev–Trinajstić information content (AvgIpc) is 3.00. The minimum atomic E-state index is -0.340. The standard InChI is InChI=1S/C23H28ClN3O2/c1-5-20(23(28)25-9-10-29-4)27-21-12-16(3)15(2)11-19(21)26-22(27)14-17-7-6-8-18(24)13-17/h6-8,11-13,20H,5,9-10,14H2,1-4H3,(H,25,28). The number of rotatable bonds is 8. The van der Waals surface area contributed by atoms with Gasteiger partial charge in [0.1, 0.15) is 11.9 Å². The molecule has 29 heavy (non-hydrogen) atoms. The molecule has 0 aliphatic rings. The van der Waals surface area contributed by atoms with Crippen molar-refractivity contribution in [2.75, 3.05) is 20.3 Å². The normalized spacial score (nSPS) is 12.3. The monoisotopic (exact) mass is 413 g/mol. The number of carbonyl (C=O) groups is 1. The summed E-state index contributed by atoms with van der Waals surface area (Å²) in [4.78, 5) is 17.9. The zero-order valence-corrected chi connectivity index (χ0v) is 18.2. The van der Waals surface area contributed by atoms with Gasteiger partial charge in [0.25, 0.3) is 0 Å². The fourth-order valence-electron chi connectivity index (χ4n) is 3.58. The van der Waals surface area contributed by atoms with Gasteiger partial charge >= 0.3 is 0 Å². The molecule has 0 saturated heterocycles. The number of nitrogens with zero attached hydrogens (tertiary/aromatic N) is 2. The molecule has 2 aromatic carbocycles. The van der Waals surface area contributed by atoms with Gasteiger partial charge in [-0.2, -0.15) is 0 Å². The lowest BCUT2D eigenvalue weighted by atomic mass is 10.1. The maximum Gasteiger partial charge on any atom is 0.243 e. The highest BCUT2D eigenvalue weighted by Gasteiger charge is 2.24. The van der Waals surface area contributed by atoms with E-state index in [1.165, 1.54) is 11.1 Å². The molecule has 0 fully saturated rings. The van der Waals surface area contributed by atoms with Crippen molar-refractivity contribution in [1.82, 2.24) is 14.9 Å². The highest BCUT2D eigenvalue weighted by Crippen LogP contribution is 2.28. The molecule has 3 aromatic rings. The number of halogens is 1. The van der Waals surface area contributed by atoms with E-state index >= 15 is 0 Å². The Hall–Kier alpha value is -2.37. The molecule has 0 saturated carbocycles. The van der Waals surface area contributed by atoms with Crippen molar-refractivity contribution in [3.63, 3.8) is 0 Å². The van der Waals surface area contributed by atoms with Gasteiger partial charge in [-0.1, -0.05) is 30.7 Å². The Balaban J connectivity index is 2.08. The van der Waals surface area contributed by atoms with Crippen LogP contribution in [0.25, 0.3) is 11.0 Å². The fourth-order valence-corrected chi connectivity index (χ4v) is 3.79. The average molecular weight is 414 g/mol. The number of hydrogen-bond donors (Lipinski definition) is 1. The van der Waals surface area contributed by atoms with Crippen LogP contribution in [0, 0.1) is 13.8 Å². The van der Waals surface area contributed by atoms with E-state index in [1.807, 2.05) is 31.2 Å². The van der Waals surface area contributed by atoms with Crippen LogP contribution in [0.15, 0.2) is 36.4 Å². The maximum atomic E-state index is 13.0. The maximum absolute atomic E-state index is 13.0. The quantitative estimate of drug-likeness (QED) is 0.548. The molecule has 0 bridgehead atoms. The van der Waals surface area contributed by atoms with Crippen molar-refractivity contribution < 1.29 is 9.53 Å². The van der Waals surface area contributed by atoms with E-state index in [1.54, 1.807) is 7.11 Å². The van der Waals surface area contributed by atoms with Crippen LogP contribution in [-0.4, -0.2) is 35.7 Å². The number of aryl methyl sites for hydroxylation is 2. The minimum absolute atomic E-state index is 0.0191. The van der Waals surface area contributed by atoms with Gasteiger partial charge in [-0.15, -0.1) is 0 Å². The molecule has 1 aromatic heterocycles.